The summed E-state index contributed by atoms with van der Waals surface area (Å²) >= 11 is 0. The summed E-state index contributed by atoms with van der Waals surface area (Å²) in [4.78, 5) is 18.9. The van der Waals surface area contributed by atoms with Gasteiger partial charge in [-0.25, -0.2) is 4.98 Å². The molecule has 3 heterocycles. The Hall–Kier alpha value is -2.64. The zero-order chi connectivity index (χ0) is 18.6. The van der Waals surface area contributed by atoms with Gasteiger partial charge in [-0.15, -0.1) is 0 Å². The van der Waals surface area contributed by atoms with E-state index in [0.717, 1.165) is 31.5 Å². The molecule has 0 radical (unpaired) electrons. The Balaban J connectivity index is 1.44. The van der Waals surface area contributed by atoms with Gasteiger partial charge in [0.15, 0.2) is 6.61 Å². The van der Waals surface area contributed by atoms with Crippen molar-refractivity contribution in [3.05, 3.63) is 54.2 Å². The third-order valence-electron chi connectivity index (χ3n) is 5.40. The number of nitrogens with two attached hydrogens (primary N) is 1. The van der Waals surface area contributed by atoms with Crippen LogP contribution < -0.4 is 21.3 Å². The van der Waals surface area contributed by atoms with Crippen LogP contribution in [-0.2, 0) is 4.79 Å². The van der Waals surface area contributed by atoms with E-state index in [2.05, 4.69) is 15.8 Å². The van der Waals surface area contributed by atoms with Crippen molar-refractivity contribution < 1.29 is 9.53 Å². The number of likely N-dealkylation sites (tertiary alicyclic amines) is 1. The standard InChI is InChI=1S/C20H25N5O2/c21-18-11-14(8-9-22-18)16-12-23-24-20(16)17-7-4-10-25(17)19(26)13-27-15-5-2-1-3-6-15/h1-3,5-6,8-9,11,16-17,20,23-24H,4,7,10,12-13H2,(H2,21,22). The number of carbonyl (C=O) groups excluding carboxylic acids is 1. The van der Waals surface area contributed by atoms with Crippen molar-refractivity contribution in [2.45, 2.75) is 30.8 Å². The van der Waals surface area contributed by atoms with Gasteiger partial charge in [0.2, 0.25) is 0 Å². The molecule has 3 unspecified atom stereocenters. The van der Waals surface area contributed by atoms with E-state index in [1.807, 2.05) is 47.4 Å². The maximum atomic E-state index is 12.8. The van der Waals surface area contributed by atoms with Crippen molar-refractivity contribution in [1.82, 2.24) is 20.7 Å². The molecular formula is C20H25N5O2. The molecule has 0 spiro atoms. The Labute approximate surface area is 158 Å². The van der Waals surface area contributed by atoms with Gasteiger partial charge in [-0.1, -0.05) is 18.2 Å². The van der Waals surface area contributed by atoms with Crippen molar-refractivity contribution in [2.75, 3.05) is 25.4 Å². The number of carbonyl (C=O) groups is 1. The molecule has 27 heavy (non-hydrogen) atoms. The van der Waals surface area contributed by atoms with Crippen LogP contribution in [0.5, 0.6) is 5.75 Å². The van der Waals surface area contributed by atoms with Gasteiger partial charge in [0.1, 0.15) is 11.6 Å². The van der Waals surface area contributed by atoms with Gasteiger partial charge in [0, 0.05) is 37.3 Å². The monoisotopic (exact) mass is 367 g/mol. The number of benzene rings is 1. The van der Waals surface area contributed by atoms with Crippen molar-refractivity contribution in [3.8, 4) is 5.75 Å². The number of para-hydroxylation sites is 1. The number of rotatable bonds is 5. The molecule has 0 aliphatic carbocycles. The summed E-state index contributed by atoms with van der Waals surface area (Å²) in [5.74, 6) is 1.51. The van der Waals surface area contributed by atoms with Gasteiger partial charge in [-0.2, -0.15) is 0 Å². The fourth-order valence-electron chi connectivity index (χ4n) is 4.12. The van der Waals surface area contributed by atoms with Gasteiger partial charge >= 0.3 is 0 Å². The third-order valence-corrected chi connectivity index (χ3v) is 5.40. The molecule has 7 heteroatoms. The predicted octanol–water partition coefficient (Wildman–Crippen LogP) is 1.29. The second-order valence-corrected chi connectivity index (χ2v) is 7.07. The van der Waals surface area contributed by atoms with E-state index >= 15 is 0 Å². The van der Waals surface area contributed by atoms with E-state index in [1.54, 1.807) is 6.20 Å². The highest BCUT2D eigenvalue weighted by Gasteiger charge is 2.41. The maximum absolute atomic E-state index is 12.8. The summed E-state index contributed by atoms with van der Waals surface area (Å²) in [6.45, 7) is 1.63. The molecule has 2 aliphatic heterocycles. The van der Waals surface area contributed by atoms with E-state index in [9.17, 15) is 4.79 Å². The normalized spacial score (nSPS) is 24.9. The van der Waals surface area contributed by atoms with Crippen LogP contribution in [0.1, 0.15) is 24.3 Å². The van der Waals surface area contributed by atoms with E-state index < -0.39 is 0 Å². The Morgan fingerprint density at radius 3 is 2.96 bits per heavy atom. The van der Waals surface area contributed by atoms with Crippen molar-refractivity contribution in [1.29, 1.82) is 0 Å². The zero-order valence-corrected chi connectivity index (χ0v) is 15.2. The molecule has 4 N–H and O–H groups in total. The number of anilines is 1. The first-order valence-corrected chi connectivity index (χ1v) is 9.39. The fourth-order valence-corrected chi connectivity index (χ4v) is 4.12. The number of hydrogen-bond acceptors (Lipinski definition) is 6. The van der Waals surface area contributed by atoms with Crippen LogP contribution in [-0.4, -0.2) is 47.6 Å². The number of nitrogen functional groups attached to an aromatic ring is 1. The fraction of sp³-hybridized carbons (Fsp3) is 0.400. The maximum Gasteiger partial charge on any atom is 0.260 e. The molecule has 3 atom stereocenters. The highest BCUT2D eigenvalue weighted by Crippen LogP contribution is 2.31. The molecule has 2 saturated heterocycles. The number of aromatic nitrogens is 1. The first-order valence-electron chi connectivity index (χ1n) is 9.39. The molecule has 2 aromatic rings. The molecule has 2 aliphatic rings. The number of ether oxygens (including phenoxy) is 1. The van der Waals surface area contributed by atoms with E-state index in [0.29, 0.717) is 11.6 Å². The summed E-state index contributed by atoms with van der Waals surface area (Å²) in [6.07, 6.45) is 3.73. The van der Waals surface area contributed by atoms with Crippen molar-refractivity contribution in [3.63, 3.8) is 0 Å². The first kappa shape index (κ1) is 17.8. The van der Waals surface area contributed by atoms with E-state index in [4.69, 9.17) is 10.5 Å². The number of amides is 1. The molecule has 0 saturated carbocycles. The lowest BCUT2D eigenvalue weighted by Gasteiger charge is -2.32. The second kappa shape index (κ2) is 7.94. The van der Waals surface area contributed by atoms with Crippen LogP contribution in [0.2, 0.25) is 0 Å². The summed E-state index contributed by atoms with van der Waals surface area (Å²) in [5, 5.41) is 0. The quantitative estimate of drug-likeness (QED) is 0.738. The Kier molecular flexibility index (Phi) is 5.22. The Morgan fingerprint density at radius 2 is 2.15 bits per heavy atom. The smallest absolute Gasteiger partial charge is 0.260 e. The van der Waals surface area contributed by atoms with Crippen LogP contribution in [0, 0.1) is 0 Å². The number of pyridine rings is 1. The van der Waals surface area contributed by atoms with Gasteiger partial charge < -0.3 is 15.4 Å². The Bertz CT molecular complexity index is 785. The van der Waals surface area contributed by atoms with Gasteiger partial charge in [-0.05, 0) is 42.7 Å². The summed E-state index contributed by atoms with van der Waals surface area (Å²) < 4.78 is 5.67. The topological polar surface area (TPSA) is 92.5 Å². The van der Waals surface area contributed by atoms with E-state index in [-0.39, 0.29) is 30.5 Å². The first-order chi connectivity index (χ1) is 13.2. The largest absolute Gasteiger partial charge is 0.484 e. The molecule has 4 rings (SSSR count). The molecule has 142 valence electrons. The number of hydrazine groups is 1. The lowest BCUT2D eigenvalue weighted by Crippen LogP contribution is -2.50. The third kappa shape index (κ3) is 3.89. The predicted molar refractivity (Wildman–Crippen MR) is 103 cm³/mol. The van der Waals surface area contributed by atoms with Crippen LogP contribution >= 0.6 is 0 Å². The number of nitrogens with zero attached hydrogens (tertiary/aromatic N) is 2. The van der Waals surface area contributed by atoms with Crippen LogP contribution in [0.3, 0.4) is 0 Å². The molecular weight excluding hydrogens is 342 g/mol. The van der Waals surface area contributed by atoms with Crippen molar-refractivity contribution >= 4 is 11.7 Å². The van der Waals surface area contributed by atoms with E-state index in [1.165, 1.54) is 0 Å². The van der Waals surface area contributed by atoms with Gasteiger partial charge in [-0.3, -0.25) is 15.6 Å². The van der Waals surface area contributed by atoms with Crippen LogP contribution in [0.4, 0.5) is 5.82 Å². The van der Waals surface area contributed by atoms with Crippen molar-refractivity contribution in [2.24, 2.45) is 0 Å². The highest BCUT2D eigenvalue weighted by atomic mass is 16.5. The minimum absolute atomic E-state index is 0.0306. The molecule has 1 amide bonds. The van der Waals surface area contributed by atoms with Gasteiger partial charge in [0.05, 0.1) is 0 Å². The minimum atomic E-state index is 0.0306. The molecule has 2 fully saturated rings. The highest BCUT2D eigenvalue weighted by molar-refractivity contribution is 5.78. The Morgan fingerprint density at radius 1 is 1.30 bits per heavy atom. The summed E-state index contributed by atoms with van der Waals surface area (Å²) in [5.41, 5.74) is 13.6. The zero-order valence-electron chi connectivity index (χ0n) is 15.2. The SMILES string of the molecule is Nc1cc(C2CNNC2C2CCCN2C(=O)COc2ccccc2)ccn1. The summed E-state index contributed by atoms with van der Waals surface area (Å²) in [6, 6.07) is 13.6. The molecule has 7 nitrogen and oxygen atoms in total. The van der Waals surface area contributed by atoms with Crippen LogP contribution in [0.25, 0.3) is 0 Å². The lowest BCUT2D eigenvalue weighted by atomic mass is 9.88. The van der Waals surface area contributed by atoms with Gasteiger partial charge in [0.25, 0.3) is 5.91 Å². The molecule has 1 aromatic carbocycles. The second-order valence-electron chi connectivity index (χ2n) is 7.07. The average molecular weight is 367 g/mol. The van der Waals surface area contributed by atoms with Crippen LogP contribution in [0.15, 0.2) is 48.7 Å². The summed E-state index contributed by atoms with van der Waals surface area (Å²) in [7, 11) is 0. The molecule has 0 bridgehead atoms. The minimum Gasteiger partial charge on any atom is -0.484 e. The lowest BCUT2D eigenvalue weighted by molar-refractivity contribution is -0.134. The number of hydrogen-bond donors (Lipinski definition) is 3. The number of nitrogens with one attached hydrogen (secondary N) is 2. The molecule has 1 aromatic heterocycles. The average Bonchev–Trinajstić information content (AvgIpc) is 3.36.